The molecule has 0 aromatic heterocycles. The Hall–Kier alpha value is -3.01. The van der Waals surface area contributed by atoms with Crippen molar-refractivity contribution in [2.24, 2.45) is 0 Å². The summed E-state index contributed by atoms with van der Waals surface area (Å²) in [6.45, 7) is 9.06. The first-order chi connectivity index (χ1) is 23.4. The van der Waals surface area contributed by atoms with Gasteiger partial charge in [-0.3, -0.25) is 0 Å². The van der Waals surface area contributed by atoms with Crippen LogP contribution in [0.2, 0.25) is 13.1 Å². The zero-order valence-electron chi connectivity index (χ0n) is 29.4. The minimum atomic E-state index is 0. The van der Waals surface area contributed by atoms with Crippen molar-refractivity contribution in [1.29, 1.82) is 0 Å². The first kappa shape index (κ1) is 39.8. The minimum Gasteiger partial charge on any atom is -1.00 e. The van der Waals surface area contributed by atoms with Gasteiger partial charge in [-0.1, -0.05) is 111 Å². The molecular formula is C46H44Cl2HfSi-2. The standard InChI is InChI=1S/2C22H19.C2H6Si.2ClH.Hf/c2*1-2-16-13-19-9-5-6-10-21(22(19)14-16)20-12-11-17-7-3-4-8-18(17)15-20;1-3-2;;;/h2*3-9,11-12,14-15,21H,2,10H2,1H3;1-2H3;2*1H;/q2*-1;;;;+2/p-2. The summed E-state index contributed by atoms with van der Waals surface area (Å²) < 4.78 is 0. The molecule has 8 rings (SSSR count). The molecule has 2 atom stereocenters. The van der Waals surface area contributed by atoms with Crippen molar-refractivity contribution in [1.82, 2.24) is 0 Å². The van der Waals surface area contributed by atoms with Crippen LogP contribution >= 0.6 is 0 Å². The maximum absolute atomic E-state index is 3.55. The average Bonchev–Trinajstić information content (AvgIpc) is 3.59. The molecule has 0 fully saturated rings. The van der Waals surface area contributed by atoms with E-state index in [0.717, 1.165) is 25.7 Å². The SMILES string of the molecule is CCC1=[C-]C2=CC=CCC(c3ccc4ccccc4c3)C2=C1.CCC1=[C-]C2=CC=CCC(c3ccc4ccccc4c3)C2=C1.C[Si](C)=[Hf+2].[Cl-].[Cl-]. The summed E-state index contributed by atoms with van der Waals surface area (Å²) in [7, 11) is 0. The van der Waals surface area contributed by atoms with E-state index in [0.29, 0.717) is 11.8 Å². The van der Waals surface area contributed by atoms with Gasteiger partial charge >= 0.3 is 41.6 Å². The van der Waals surface area contributed by atoms with Crippen LogP contribution in [0.1, 0.15) is 62.5 Å². The minimum absolute atomic E-state index is 0. The van der Waals surface area contributed by atoms with Crippen molar-refractivity contribution < 1.29 is 47.8 Å². The fourth-order valence-corrected chi connectivity index (χ4v) is 6.82. The molecule has 0 heterocycles. The number of halogens is 2. The van der Waals surface area contributed by atoms with E-state index in [9.17, 15) is 0 Å². The monoisotopic (exact) mass is 874 g/mol. The predicted octanol–water partition coefficient (Wildman–Crippen LogP) is 6.57. The Morgan fingerprint density at radius 2 is 0.980 bits per heavy atom. The summed E-state index contributed by atoms with van der Waals surface area (Å²) in [6.07, 6.45) is 29.3. The summed E-state index contributed by atoms with van der Waals surface area (Å²) in [6, 6.07) is 31.0. The molecule has 0 nitrogen and oxygen atoms in total. The molecule has 4 aromatic carbocycles. The third kappa shape index (κ3) is 9.65. The molecule has 4 aliphatic rings. The number of allylic oxidation sites excluding steroid dienone is 16. The summed E-state index contributed by atoms with van der Waals surface area (Å²) in [5.41, 5.74) is 11.1. The largest absolute Gasteiger partial charge is 1.00 e. The van der Waals surface area contributed by atoms with Crippen molar-refractivity contribution in [2.75, 3.05) is 0 Å². The first-order valence-electron chi connectivity index (χ1n) is 17.4. The van der Waals surface area contributed by atoms with E-state index in [1.165, 1.54) is 89.1 Å². The van der Waals surface area contributed by atoms with Crippen LogP contribution in [0.25, 0.3) is 21.5 Å². The van der Waals surface area contributed by atoms with E-state index in [2.05, 4.69) is 173 Å². The Bertz CT molecular complexity index is 1950. The second-order valence-electron chi connectivity index (χ2n) is 13.0. The van der Waals surface area contributed by atoms with Gasteiger partial charge in [0.2, 0.25) is 0 Å². The molecule has 0 N–H and O–H groups in total. The van der Waals surface area contributed by atoms with Gasteiger partial charge in [-0.05, 0) is 70.2 Å². The molecule has 50 heavy (non-hydrogen) atoms. The molecule has 0 bridgehead atoms. The van der Waals surface area contributed by atoms with Crippen LogP contribution in [-0.4, -0.2) is 5.49 Å². The van der Waals surface area contributed by atoms with Gasteiger partial charge in [0, 0.05) is 0 Å². The van der Waals surface area contributed by atoms with E-state index < -0.39 is 0 Å². The maximum Gasteiger partial charge on any atom is -1.00 e. The number of benzene rings is 4. The Kier molecular flexibility index (Phi) is 15.1. The molecule has 4 aliphatic carbocycles. The van der Waals surface area contributed by atoms with Gasteiger partial charge in [-0.2, -0.15) is 34.4 Å². The molecule has 0 aliphatic heterocycles. The molecule has 2 unspecified atom stereocenters. The molecule has 4 heteroatoms. The van der Waals surface area contributed by atoms with Crippen LogP contribution in [0.4, 0.5) is 0 Å². The number of hydrogen-bond acceptors (Lipinski definition) is 0. The van der Waals surface area contributed by atoms with E-state index in [4.69, 9.17) is 0 Å². The van der Waals surface area contributed by atoms with Crippen molar-refractivity contribution in [2.45, 2.75) is 64.5 Å². The van der Waals surface area contributed by atoms with Gasteiger partial charge in [-0.25, -0.2) is 0 Å². The fourth-order valence-electron chi connectivity index (χ4n) is 6.82. The van der Waals surface area contributed by atoms with E-state index >= 15 is 0 Å². The van der Waals surface area contributed by atoms with Crippen molar-refractivity contribution >= 4 is 27.0 Å². The van der Waals surface area contributed by atoms with Crippen molar-refractivity contribution in [3.8, 4) is 0 Å². The van der Waals surface area contributed by atoms with Crippen LogP contribution < -0.4 is 24.8 Å². The third-order valence-corrected chi connectivity index (χ3v) is 9.28. The van der Waals surface area contributed by atoms with Crippen LogP contribution in [0, 0.1) is 12.2 Å². The number of rotatable bonds is 4. The Labute approximate surface area is 327 Å². The molecule has 0 saturated carbocycles. The van der Waals surface area contributed by atoms with E-state index in [1.807, 2.05) is 0 Å². The summed E-state index contributed by atoms with van der Waals surface area (Å²) in [5.74, 6) is 0.873. The van der Waals surface area contributed by atoms with Gasteiger partial charge in [-0.15, -0.1) is 47.6 Å². The van der Waals surface area contributed by atoms with Gasteiger partial charge < -0.3 is 24.8 Å². The molecule has 252 valence electrons. The fraction of sp³-hybridized carbons (Fsp3) is 0.217. The van der Waals surface area contributed by atoms with E-state index in [1.54, 1.807) is 0 Å². The van der Waals surface area contributed by atoms with Gasteiger partial charge in [0.15, 0.2) is 0 Å². The van der Waals surface area contributed by atoms with Gasteiger partial charge in [0.1, 0.15) is 0 Å². The molecule has 0 amide bonds. The normalized spacial score (nSPS) is 18.4. The van der Waals surface area contributed by atoms with Crippen molar-refractivity contribution in [3.05, 3.63) is 190 Å². The maximum atomic E-state index is 3.55. The first-order valence-corrected chi connectivity index (χ1v) is 25.2. The van der Waals surface area contributed by atoms with E-state index in [-0.39, 0.29) is 30.3 Å². The van der Waals surface area contributed by atoms with Gasteiger partial charge in [0.05, 0.1) is 0 Å². The molecule has 0 saturated heterocycles. The smallest absolute Gasteiger partial charge is 1.00 e. The number of fused-ring (bicyclic) bond motifs is 4. The van der Waals surface area contributed by atoms with Gasteiger partial charge in [0.25, 0.3) is 0 Å². The second kappa shape index (κ2) is 19.0. The molecule has 4 aromatic rings. The quantitative estimate of drug-likeness (QED) is 0.161. The Morgan fingerprint density at radius 3 is 1.36 bits per heavy atom. The summed E-state index contributed by atoms with van der Waals surface area (Å²) >= 11 is 1.45. The molecule has 0 spiro atoms. The summed E-state index contributed by atoms with van der Waals surface area (Å²) in [5, 5.41) is 5.27. The van der Waals surface area contributed by atoms with Crippen molar-refractivity contribution in [3.63, 3.8) is 0 Å². The van der Waals surface area contributed by atoms with Crippen LogP contribution in [0.5, 0.6) is 0 Å². The van der Waals surface area contributed by atoms with Crippen LogP contribution in [0.15, 0.2) is 167 Å². The molecular weight excluding hydrogens is 830 g/mol. The topological polar surface area (TPSA) is 0 Å². The third-order valence-electron chi connectivity index (χ3n) is 9.28. The van der Waals surface area contributed by atoms with Crippen LogP contribution in [0.3, 0.4) is 0 Å². The zero-order chi connectivity index (χ0) is 33.5. The van der Waals surface area contributed by atoms with Crippen LogP contribution in [-0.2, 0) is 23.0 Å². The molecule has 0 radical (unpaired) electrons. The predicted molar refractivity (Wildman–Crippen MR) is 205 cm³/mol. The average molecular weight is 874 g/mol. The Balaban J connectivity index is 0.000000196. The summed E-state index contributed by atoms with van der Waals surface area (Å²) in [4.78, 5) is 0. The zero-order valence-corrected chi connectivity index (χ0v) is 35.5. The number of hydrogen-bond donors (Lipinski definition) is 0. The Morgan fingerprint density at radius 1 is 0.600 bits per heavy atom. The second-order valence-corrected chi connectivity index (χ2v) is 25.8.